The number of hydrogen-bond acceptors (Lipinski definition) is 2. The summed E-state index contributed by atoms with van der Waals surface area (Å²) in [7, 11) is 0. The van der Waals surface area contributed by atoms with E-state index in [-0.39, 0.29) is 36.4 Å². The molecule has 4 nitrogen and oxygen atoms in total. The first kappa shape index (κ1) is 14.4. The van der Waals surface area contributed by atoms with Crippen molar-refractivity contribution in [2.75, 3.05) is 6.54 Å². The maximum Gasteiger partial charge on any atom is 0.243 e. The Balaban J connectivity index is 2.19. The molecule has 108 valence electrons. The summed E-state index contributed by atoms with van der Waals surface area (Å²) < 4.78 is 0. The van der Waals surface area contributed by atoms with Crippen molar-refractivity contribution in [3.8, 4) is 0 Å². The van der Waals surface area contributed by atoms with Gasteiger partial charge < -0.3 is 10.2 Å². The van der Waals surface area contributed by atoms with Crippen molar-refractivity contribution < 1.29 is 9.59 Å². The third-order valence-electron chi connectivity index (χ3n) is 4.67. The van der Waals surface area contributed by atoms with Gasteiger partial charge in [0.25, 0.3) is 0 Å². The second-order valence-corrected chi connectivity index (χ2v) is 5.99. The fraction of sp³-hybridized carbons (Fsp3) is 0.867. The summed E-state index contributed by atoms with van der Waals surface area (Å²) in [5, 5.41) is 2.75. The van der Waals surface area contributed by atoms with Crippen LogP contribution < -0.4 is 5.32 Å². The molecule has 0 aromatic heterocycles. The Labute approximate surface area is 115 Å². The second-order valence-electron chi connectivity index (χ2n) is 5.99. The van der Waals surface area contributed by atoms with Crippen LogP contribution in [0.25, 0.3) is 0 Å². The van der Waals surface area contributed by atoms with Crippen LogP contribution in [-0.4, -0.2) is 35.3 Å². The summed E-state index contributed by atoms with van der Waals surface area (Å²) in [5.74, 6) is 0.377. The summed E-state index contributed by atoms with van der Waals surface area (Å²) in [6, 6.07) is 0.0226. The minimum Gasteiger partial charge on any atom is -0.345 e. The molecular formula is C15H26N2O2. The van der Waals surface area contributed by atoms with Gasteiger partial charge in [-0.15, -0.1) is 0 Å². The summed E-state index contributed by atoms with van der Waals surface area (Å²) in [6.45, 7) is 4.34. The van der Waals surface area contributed by atoms with Crippen LogP contribution in [0.1, 0.15) is 58.8 Å². The minimum atomic E-state index is -0.255. The van der Waals surface area contributed by atoms with Crippen LogP contribution in [0.2, 0.25) is 0 Å². The lowest BCUT2D eigenvalue weighted by molar-refractivity contribution is -0.151. The van der Waals surface area contributed by atoms with E-state index >= 15 is 0 Å². The van der Waals surface area contributed by atoms with Crippen LogP contribution >= 0.6 is 0 Å². The summed E-state index contributed by atoms with van der Waals surface area (Å²) in [6.07, 6.45) is 7.94. The van der Waals surface area contributed by atoms with Gasteiger partial charge in [0.05, 0.1) is 6.54 Å². The Morgan fingerprint density at radius 2 is 1.84 bits per heavy atom. The van der Waals surface area contributed by atoms with Crippen molar-refractivity contribution in [1.29, 1.82) is 0 Å². The molecule has 1 heterocycles. The normalized spacial score (nSPS) is 27.9. The third-order valence-corrected chi connectivity index (χ3v) is 4.67. The van der Waals surface area contributed by atoms with Gasteiger partial charge in [0.15, 0.2) is 0 Å². The number of amides is 2. The van der Waals surface area contributed by atoms with Gasteiger partial charge in [0, 0.05) is 6.04 Å². The van der Waals surface area contributed by atoms with Crippen LogP contribution in [0, 0.1) is 5.92 Å². The van der Waals surface area contributed by atoms with Gasteiger partial charge in [-0.1, -0.05) is 46.0 Å². The average molecular weight is 266 g/mol. The highest BCUT2D eigenvalue weighted by atomic mass is 16.2. The summed E-state index contributed by atoms with van der Waals surface area (Å²) in [5.41, 5.74) is 0. The van der Waals surface area contributed by atoms with Crippen molar-refractivity contribution in [3.05, 3.63) is 0 Å². The summed E-state index contributed by atoms with van der Waals surface area (Å²) in [4.78, 5) is 26.4. The highest BCUT2D eigenvalue weighted by molar-refractivity contribution is 5.95. The second kappa shape index (κ2) is 6.40. The van der Waals surface area contributed by atoms with E-state index in [0.717, 1.165) is 19.3 Å². The Bertz CT molecular complexity index is 335. The van der Waals surface area contributed by atoms with E-state index in [0.29, 0.717) is 0 Å². The van der Waals surface area contributed by atoms with E-state index in [1.807, 2.05) is 4.90 Å². The van der Waals surface area contributed by atoms with E-state index in [9.17, 15) is 9.59 Å². The van der Waals surface area contributed by atoms with Gasteiger partial charge in [0.2, 0.25) is 11.8 Å². The van der Waals surface area contributed by atoms with Gasteiger partial charge >= 0.3 is 0 Å². The molecular weight excluding hydrogens is 240 g/mol. The number of carbonyl (C=O) groups is 2. The molecule has 2 aliphatic rings. The van der Waals surface area contributed by atoms with Crippen LogP contribution in [0.3, 0.4) is 0 Å². The molecule has 2 amide bonds. The predicted molar refractivity (Wildman–Crippen MR) is 74.6 cm³/mol. The molecule has 1 aliphatic heterocycles. The first-order valence-corrected chi connectivity index (χ1v) is 7.74. The molecule has 1 saturated heterocycles. The van der Waals surface area contributed by atoms with E-state index in [1.54, 1.807) is 0 Å². The lowest BCUT2D eigenvalue weighted by Crippen LogP contribution is -2.63. The highest BCUT2D eigenvalue weighted by Gasteiger charge is 2.40. The lowest BCUT2D eigenvalue weighted by atomic mass is 9.92. The molecule has 1 N–H and O–H groups in total. The number of hydrogen-bond donors (Lipinski definition) is 1. The zero-order valence-electron chi connectivity index (χ0n) is 12.2. The van der Waals surface area contributed by atoms with Crippen molar-refractivity contribution in [1.82, 2.24) is 10.2 Å². The molecule has 0 aromatic rings. The minimum absolute atomic E-state index is 0.0400. The molecule has 1 saturated carbocycles. The standard InChI is InChI=1S/C15H26N2O2/c1-3-11(2)14-15(19)16-10-13(18)17(14)12-8-6-4-5-7-9-12/h11-12,14H,3-10H2,1-2H3,(H,16,19). The van der Waals surface area contributed by atoms with E-state index < -0.39 is 0 Å². The highest BCUT2D eigenvalue weighted by Crippen LogP contribution is 2.28. The molecule has 2 unspecified atom stereocenters. The topological polar surface area (TPSA) is 49.4 Å². The maximum absolute atomic E-state index is 12.3. The van der Waals surface area contributed by atoms with Crippen molar-refractivity contribution in [2.45, 2.75) is 70.9 Å². The molecule has 2 atom stereocenters. The SMILES string of the molecule is CCC(C)C1C(=O)NCC(=O)N1C1CCCCCC1. The number of nitrogens with zero attached hydrogens (tertiary/aromatic N) is 1. The quantitative estimate of drug-likeness (QED) is 0.795. The fourth-order valence-corrected chi connectivity index (χ4v) is 3.36. The van der Waals surface area contributed by atoms with Gasteiger partial charge in [-0.05, 0) is 18.8 Å². The monoisotopic (exact) mass is 266 g/mol. The van der Waals surface area contributed by atoms with Gasteiger partial charge in [-0.3, -0.25) is 9.59 Å². The van der Waals surface area contributed by atoms with E-state index in [1.165, 1.54) is 25.7 Å². The van der Waals surface area contributed by atoms with E-state index in [4.69, 9.17) is 0 Å². The maximum atomic E-state index is 12.3. The van der Waals surface area contributed by atoms with Gasteiger partial charge in [0.1, 0.15) is 6.04 Å². The van der Waals surface area contributed by atoms with Crippen molar-refractivity contribution in [2.24, 2.45) is 5.92 Å². The Kier molecular flexibility index (Phi) is 4.83. The number of piperazine rings is 1. The van der Waals surface area contributed by atoms with Crippen LogP contribution in [0.15, 0.2) is 0 Å². The van der Waals surface area contributed by atoms with Crippen LogP contribution in [0.5, 0.6) is 0 Å². The van der Waals surface area contributed by atoms with Crippen LogP contribution in [-0.2, 0) is 9.59 Å². The largest absolute Gasteiger partial charge is 0.345 e. The third kappa shape index (κ3) is 3.10. The first-order valence-electron chi connectivity index (χ1n) is 7.74. The molecule has 1 aliphatic carbocycles. The first-order chi connectivity index (χ1) is 9.15. The molecule has 0 spiro atoms. The molecule has 2 fully saturated rings. The zero-order valence-corrected chi connectivity index (χ0v) is 12.2. The van der Waals surface area contributed by atoms with Crippen molar-refractivity contribution >= 4 is 11.8 Å². The average Bonchev–Trinajstić information content (AvgIpc) is 2.69. The molecule has 19 heavy (non-hydrogen) atoms. The zero-order chi connectivity index (χ0) is 13.8. The predicted octanol–water partition coefficient (Wildman–Crippen LogP) is 2.08. The molecule has 4 heteroatoms. The Hall–Kier alpha value is -1.06. The smallest absolute Gasteiger partial charge is 0.243 e. The number of nitrogens with one attached hydrogen (secondary N) is 1. The van der Waals surface area contributed by atoms with Gasteiger partial charge in [-0.25, -0.2) is 0 Å². The molecule has 0 bridgehead atoms. The van der Waals surface area contributed by atoms with Crippen LogP contribution in [0.4, 0.5) is 0 Å². The van der Waals surface area contributed by atoms with Gasteiger partial charge in [-0.2, -0.15) is 0 Å². The molecule has 0 radical (unpaired) electrons. The molecule has 2 rings (SSSR count). The Morgan fingerprint density at radius 3 is 2.42 bits per heavy atom. The van der Waals surface area contributed by atoms with E-state index in [2.05, 4.69) is 19.2 Å². The number of rotatable bonds is 3. The Morgan fingerprint density at radius 1 is 1.21 bits per heavy atom. The van der Waals surface area contributed by atoms with Crippen molar-refractivity contribution in [3.63, 3.8) is 0 Å². The number of carbonyl (C=O) groups excluding carboxylic acids is 2. The lowest BCUT2D eigenvalue weighted by Gasteiger charge is -2.42. The summed E-state index contributed by atoms with van der Waals surface area (Å²) >= 11 is 0. The molecule has 0 aromatic carbocycles. The fourth-order valence-electron chi connectivity index (χ4n) is 3.36.